The second-order valence-corrected chi connectivity index (χ2v) is 8.89. The van der Waals surface area contributed by atoms with Gasteiger partial charge in [0, 0.05) is 23.6 Å². The summed E-state index contributed by atoms with van der Waals surface area (Å²) in [6.07, 6.45) is -0.639. The minimum atomic E-state index is -0.837. The molecule has 1 aliphatic heterocycles. The first kappa shape index (κ1) is 23.3. The Hall–Kier alpha value is -3.46. The molecule has 1 aliphatic carbocycles. The van der Waals surface area contributed by atoms with Crippen LogP contribution in [0, 0.1) is 0 Å². The molecule has 184 valence electrons. The summed E-state index contributed by atoms with van der Waals surface area (Å²) in [6.45, 7) is -0.722. The fourth-order valence-corrected chi connectivity index (χ4v) is 5.01. The van der Waals surface area contributed by atoms with Gasteiger partial charge in [-0.15, -0.1) is 0 Å². The topological polar surface area (TPSA) is 129 Å². The second-order valence-electron chi connectivity index (χ2n) is 8.89. The van der Waals surface area contributed by atoms with E-state index in [0.29, 0.717) is 36.3 Å². The number of rotatable bonds is 6. The molecule has 1 heterocycles. The molecule has 0 fully saturated rings. The molecular weight excluding hydrogens is 452 g/mol. The number of benzene rings is 3. The highest BCUT2D eigenvalue weighted by Gasteiger charge is 2.35. The van der Waals surface area contributed by atoms with Crippen molar-refractivity contribution in [2.24, 2.45) is 0 Å². The van der Waals surface area contributed by atoms with Gasteiger partial charge in [-0.2, -0.15) is 0 Å². The van der Waals surface area contributed by atoms with Crippen LogP contribution in [0.3, 0.4) is 0 Å². The molecule has 0 radical (unpaired) electrons. The number of hydrogen-bond donors (Lipinski definition) is 5. The van der Waals surface area contributed by atoms with Crippen molar-refractivity contribution >= 4 is 0 Å². The third-order valence-corrected chi connectivity index (χ3v) is 6.72. The first-order chi connectivity index (χ1) is 16.9. The molecule has 0 bridgehead atoms. The molecule has 5 N–H and O–H groups in total. The van der Waals surface area contributed by atoms with Crippen LogP contribution >= 0.6 is 0 Å². The fourth-order valence-electron chi connectivity index (χ4n) is 5.01. The molecule has 3 aromatic carbocycles. The van der Waals surface area contributed by atoms with Crippen molar-refractivity contribution in [2.45, 2.75) is 37.6 Å². The summed E-state index contributed by atoms with van der Waals surface area (Å²) in [6, 6.07) is 11.7. The average Bonchev–Trinajstić information content (AvgIpc) is 2.87. The molecule has 0 spiro atoms. The predicted octanol–water partition coefficient (Wildman–Crippen LogP) is 2.64. The van der Waals surface area contributed by atoms with Crippen molar-refractivity contribution in [1.29, 1.82) is 0 Å². The number of aliphatic hydroxyl groups is 3. The zero-order valence-electron chi connectivity index (χ0n) is 19.3. The van der Waals surface area contributed by atoms with Crippen molar-refractivity contribution in [1.82, 2.24) is 0 Å². The van der Waals surface area contributed by atoms with E-state index in [1.807, 2.05) is 6.07 Å². The van der Waals surface area contributed by atoms with Gasteiger partial charge in [-0.25, -0.2) is 0 Å². The lowest BCUT2D eigenvalue weighted by molar-refractivity contribution is 0.0196. The Morgan fingerprint density at radius 1 is 0.971 bits per heavy atom. The van der Waals surface area contributed by atoms with Crippen LogP contribution in [-0.2, 0) is 19.3 Å². The molecule has 2 aliphatic rings. The molecular formula is C27H28O8. The average molecular weight is 481 g/mol. The third-order valence-electron chi connectivity index (χ3n) is 6.72. The van der Waals surface area contributed by atoms with Crippen LogP contribution in [0.4, 0.5) is 0 Å². The quantitative estimate of drug-likeness (QED) is 0.364. The van der Waals surface area contributed by atoms with Crippen LogP contribution in [0.1, 0.15) is 28.4 Å². The summed E-state index contributed by atoms with van der Waals surface area (Å²) in [5, 5.41) is 50.3. The smallest absolute Gasteiger partial charge is 0.160 e. The lowest BCUT2D eigenvalue weighted by atomic mass is 9.80. The predicted molar refractivity (Wildman–Crippen MR) is 127 cm³/mol. The Kier molecular flexibility index (Phi) is 6.19. The van der Waals surface area contributed by atoms with E-state index in [2.05, 4.69) is 0 Å². The number of hydrogen-bond acceptors (Lipinski definition) is 8. The highest BCUT2D eigenvalue weighted by atomic mass is 16.5. The van der Waals surface area contributed by atoms with E-state index in [1.165, 1.54) is 13.2 Å². The van der Waals surface area contributed by atoms with Gasteiger partial charge in [0.05, 0.1) is 26.4 Å². The Balaban J connectivity index is 1.62. The van der Waals surface area contributed by atoms with E-state index in [-0.39, 0.29) is 30.5 Å². The Morgan fingerprint density at radius 3 is 2.51 bits per heavy atom. The Labute approximate surface area is 202 Å². The normalized spacial score (nSPS) is 18.3. The van der Waals surface area contributed by atoms with E-state index < -0.39 is 18.3 Å². The van der Waals surface area contributed by atoms with Gasteiger partial charge in [0.15, 0.2) is 11.5 Å². The minimum absolute atomic E-state index is 0.00421. The molecule has 0 saturated carbocycles. The molecule has 3 aromatic rings. The van der Waals surface area contributed by atoms with E-state index >= 15 is 0 Å². The summed E-state index contributed by atoms with van der Waals surface area (Å²) < 4.78 is 17.5. The molecule has 8 nitrogen and oxygen atoms in total. The minimum Gasteiger partial charge on any atom is -0.508 e. The molecule has 8 heteroatoms. The van der Waals surface area contributed by atoms with Crippen LogP contribution in [0.2, 0.25) is 0 Å². The number of phenols is 2. The molecule has 35 heavy (non-hydrogen) atoms. The van der Waals surface area contributed by atoms with Gasteiger partial charge >= 0.3 is 0 Å². The van der Waals surface area contributed by atoms with Crippen molar-refractivity contribution in [3.05, 3.63) is 64.7 Å². The zero-order valence-corrected chi connectivity index (χ0v) is 19.3. The van der Waals surface area contributed by atoms with Crippen molar-refractivity contribution < 1.29 is 39.7 Å². The third kappa shape index (κ3) is 4.14. The maximum atomic E-state index is 11.1. The van der Waals surface area contributed by atoms with Crippen molar-refractivity contribution in [2.75, 3.05) is 20.3 Å². The summed E-state index contributed by atoms with van der Waals surface area (Å²) in [5.74, 6) is 1.47. The molecule has 0 unspecified atom stereocenters. The molecule has 5 rings (SSSR count). The van der Waals surface area contributed by atoms with Gasteiger partial charge in [-0.1, -0.05) is 12.1 Å². The number of aromatic hydroxyl groups is 2. The number of phenolic OH excluding ortho intramolecular Hbond substituents is 2. The maximum Gasteiger partial charge on any atom is 0.160 e. The van der Waals surface area contributed by atoms with Gasteiger partial charge in [0.2, 0.25) is 0 Å². The molecule has 2 atom stereocenters. The number of ether oxygens (including phenoxy) is 3. The largest absolute Gasteiger partial charge is 0.508 e. The summed E-state index contributed by atoms with van der Waals surface area (Å²) >= 11 is 0. The monoisotopic (exact) mass is 480 g/mol. The van der Waals surface area contributed by atoms with E-state index in [4.69, 9.17) is 14.2 Å². The van der Waals surface area contributed by atoms with Gasteiger partial charge < -0.3 is 39.7 Å². The van der Waals surface area contributed by atoms with Crippen LogP contribution in [0.5, 0.6) is 28.7 Å². The highest BCUT2D eigenvalue weighted by Crippen LogP contribution is 2.49. The van der Waals surface area contributed by atoms with Crippen LogP contribution in [0.25, 0.3) is 11.1 Å². The van der Waals surface area contributed by atoms with E-state index in [9.17, 15) is 25.5 Å². The summed E-state index contributed by atoms with van der Waals surface area (Å²) in [7, 11) is 1.46. The van der Waals surface area contributed by atoms with Gasteiger partial charge in [-0.05, 0) is 59.4 Å². The maximum absolute atomic E-state index is 11.1. The lowest BCUT2D eigenvalue weighted by Crippen LogP contribution is -2.32. The zero-order chi connectivity index (χ0) is 24.7. The highest BCUT2D eigenvalue weighted by molar-refractivity contribution is 5.82. The number of fused-ring (bicyclic) bond motifs is 5. The van der Waals surface area contributed by atoms with Crippen LogP contribution in [-0.4, -0.2) is 58.1 Å². The Bertz CT molecular complexity index is 1250. The van der Waals surface area contributed by atoms with Crippen LogP contribution < -0.4 is 14.2 Å². The number of aryl methyl sites for hydroxylation is 1. The first-order valence-electron chi connectivity index (χ1n) is 11.5. The van der Waals surface area contributed by atoms with Gasteiger partial charge in [-0.3, -0.25) is 0 Å². The van der Waals surface area contributed by atoms with Gasteiger partial charge in [0.25, 0.3) is 0 Å². The SMILES string of the molecule is COc1cc([C@H]2Oc3cc(OC(CO)CO)c4c(c3C[C@H]2O)CCc2cc(O)ccc2-4)ccc1O. The van der Waals surface area contributed by atoms with Gasteiger partial charge in [0.1, 0.15) is 29.5 Å². The van der Waals surface area contributed by atoms with Crippen molar-refractivity contribution in [3.63, 3.8) is 0 Å². The van der Waals surface area contributed by atoms with E-state index in [1.54, 1.807) is 30.3 Å². The fraction of sp³-hybridized carbons (Fsp3) is 0.333. The van der Waals surface area contributed by atoms with Crippen LogP contribution in [0.15, 0.2) is 42.5 Å². The summed E-state index contributed by atoms with van der Waals surface area (Å²) in [5.41, 5.74) is 5.20. The standard InChI is InChI=1S/C27H28O8/c1-33-24-9-15(3-7-21(24)31)27-22(32)10-20-19-5-2-14-8-16(30)4-6-18(14)26(19)25(11-23(20)35-27)34-17(12-28)13-29/h3-4,6-9,11,17,22,27-32H,2,5,10,12-13H2,1H3/t22-,27-/m1/s1. The van der Waals surface area contributed by atoms with Crippen molar-refractivity contribution in [3.8, 4) is 39.9 Å². The summed E-state index contributed by atoms with van der Waals surface area (Å²) in [4.78, 5) is 0. The second kappa shape index (κ2) is 9.30. The van der Waals surface area contributed by atoms with E-state index in [0.717, 1.165) is 27.8 Å². The lowest BCUT2D eigenvalue weighted by Gasteiger charge is -2.35. The Morgan fingerprint density at radius 2 is 1.77 bits per heavy atom. The first-order valence-corrected chi connectivity index (χ1v) is 11.5. The molecule has 0 saturated heterocycles. The number of methoxy groups -OCH3 is 1. The molecule has 0 amide bonds. The number of aliphatic hydroxyl groups excluding tert-OH is 3. The molecule has 0 aromatic heterocycles.